The minimum atomic E-state index is -5.20. The molecule has 0 rings (SSSR count). The zero-order chi connectivity index (χ0) is 13.8. The smallest absolute Gasteiger partial charge is 0.470 e. The molecule has 0 spiro atoms. The van der Waals surface area contributed by atoms with E-state index in [-0.39, 0.29) is 0 Å². The molecule has 0 aliphatic rings. The summed E-state index contributed by atoms with van der Waals surface area (Å²) in [6.45, 7) is -0.986. The molecule has 0 aromatic carbocycles. The topological polar surface area (TPSA) is 185 Å². The van der Waals surface area contributed by atoms with Crippen LogP contribution in [0.25, 0.3) is 0 Å². The highest BCUT2D eigenvalue weighted by Gasteiger charge is 2.40. The van der Waals surface area contributed by atoms with Crippen molar-refractivity contribution >= 4 is 13.8 Å². The van der Waals surface area contributed by atoms with E-state index < -0.39 is 44.8 Å². The fourth-order valence-electron chi connectivity index (χ4n) is 0.916. The Morgan fingerprint density at radius 1 is 1.18 bits per heavy atom. The molecule has 0 saturated carbocycles. The Bertz CT molecular complexity index is 299. The quantitative estimate of drug-likeness (QED) is 0.231. The normalized spacial score (nSPS) is 19.4. The van der Waals surface area contributed by atoms with Crippen molar-refractivity contribution in [2.24, 2.45) is 0 Å². The molecule has 0 aromatic rings. The SMILES string of the molecule is O=C(O)[C@H](OP(=O)(O)O)[C@@H](O)[C@H](O)[C@H](O)CO. The van der Waals surface area contributed by atoms with Gasteiger partial charge in [-0.3, -0.25) is 4.52 Å². The van der Waals surface area contributed by atoms with Crippen molar-refractivity contribution in [2.75, 3.05) is 6.61 Å². The zero-order valence-electron chi connectivity index (χ0n) is 8.32. The summed E-state index contributed by atoms with van der Waals surface area (Å²) in [6, 6.07) is 0. The van der Waals surface area contributed by atoms with Crippen LogP contribution in [0.1, 0.15) is 0 Å². The van der Waals surface area contributed by atoms with Crippen LogP contribution < -0.4 is 0 Å². The Morgan fingerprint density at radius 3 is 1.94 bits per heavy atom. The molecule has 0 aliphatic heterocycles. The molecule has 0 unspecified atom stereocenters. The second-order valence-electron chi connectivity index (χ2n) is 3.09. The van der Waals surface area contributed by atoms with Gasteiger partial charge in [0.1, 0.15) is 18.3 Å². The number of carboxylic acid groups (broad SMARTS) is 1. The van der Waals surface area contributed by atoms with Gasteiger partial charge in [0.25, 0.3) is 0 Å². The van der Waals surface area contributed by atoms with Gasteiger partial charge in [-0.15, -0.1) is 0 Å². The molecule has 0 saturated heterocycles. The fraction of sp³-hybridized carbons (Fsp3) is 0.833. The molecule has 0 aromatic heterocycles. The number of phosphoric acid groups is 1. The Balaban J connectivity index is 4.83. The Morgan fingerprint density at radius 2 is 1.65 bits per heavy atom. The fourth-order valence-corrected chi connectivity index (χ4v) is 1.43. The van der Waals surface area contributed by atoms with Crippen molar-refractivity contribution in [2.45, 2.75) is 24.4 Å². The Hall–Kier alpha value is -0.580. The summed E-state index contributed by atoms with van der Waals surface area (Å²) in [5.41, 5.74) is 0. The summed E-state index contributed by atoms with van der Waals surface area (Å²) in [5, 5.41) is 44.3. The van der Waals surface area contributed by atoms with E-state index in [1.165, 1.54) is 0 Å². The molecule has 0 fully saturated rings. The van der Waals surface area contributed by atoms with Gasteiger partial charge in [-0.1, -0.05) is 0 Å². The van der Waals surface area contributed by atoms with E-state index in [1.54, 1.807) is 0 Å². The van der Waals surface area contributed by atoms with Gasteiger partial charge < -0.3 is 35.3 Å². The molecular weight excluding hydrogens is 263 g/mol. The summed E-state index contributed by atoms with van der Waals surface area (Å²) in [4.78, 5) is 27.3. The van der Waals surface area contributed by atoms with Crippen LogP contribution in [-0.2, 0) is 13.9 Å². The van der Waals surface area contributed by atoms with Crippen molar-refractivity contribution in [3.63, 3.8) is 0 Å². The summed E-state index contributed by atoms with van der Waals surface area (Å²) in [6.07, 6.45) is -8.81. The first-order valence-corrected chi connectivity index (χ1v) is 5.75. The van der Waals surface area contributed by atoms with Gasteiger partial charge in [-0.2, -0.15) is 0 Å². The summed E-state index contributed by atoms with van der Waals surface area (Å²) >= 11 is 0. The lowest BCUT2D eigenvalue weighted by Gasteiger charge is -2.26. The summed E-state index contributed by atoms with van der Waals surface area (Å²) in [5.74, 6) is -1.95. The van der Waals surface area contributed by atoms with Crippen LogP contribution in [-0.4, -0.2) is 72.3 Å². The summed E-state index contributed by atoms with van der Waals surface area (Å²) in [7, 11) is -5.20. The molecule has 0 aliphatic carbocycles. The predicted molar refractivity (Wildman–Crippen MR) is 49.7 cm³/mol. The first kappa shape index (κ1) is 16.4. The average molecular weight is 276 g/mol. The molecule has 11 heteroatoms. The minimum Gasteiger partial charge on any atom is -0.479 e. The number of carboxylic acids is 1. The molecule has 10 nitrogen and oxygen atoms in total. The summed E-state index contributed by atoms with van der Waals surface area (Å²) < 4.78 is 14.2. The van der Waals surface area contributed by atoms with Gasteiger partial charge in [0.05, 0.1) is 6.61 Å². The van der Waals surface area contributed by atoms with Gasteiger partial charge in [-0.25, -0.2) is 9.36 Å². The van der Waals surface area contributed by atoms with E-state index >= 15 is 0 Å². The van der Waals surface area contributed by atoms with Crippen molar-refractivity contribution in [3.05, 3.63) is 0 Å². The molecule has 17 heavy (non-hydrogen) atoms. The minimum absolute atomic E-state index is 0.986. The highest BCUT2D eigenvalue weighted by atomic mass is 31.2. The number of carbonyl (C=O) groups is 1. The van der Waals surface area contributed by atoms with Crippen molar-refractivity contribution < 1.29 is 49.2 Å². The predicted octanol–water partition coefficient (Wildman–Crippen LogP) is -3.38. The maximum atomic E-state index is 10.6. The first-order valence-electron chi connectivity index (χ1n) is 4.22. The van der Waals surface area contributed by atoms with Crippen LogP contribution in [0.3, 0.4) is 0 Å². The molecule has 102 valence electrons. The maximum absolute atomic E-state index is 10.6. The van der Waals surface area contributed by atoms with Crippen LogP contribution in [0.15, 0.2) is 0 Å². The number of hydrogen-bond acceptors (Lipinski definition) is 7. The van der Waals surface area contributed by atoms with Crippen LogP contribution in [0, 0.1) is 0 Å². The Labute approximate surface area is 94.9 Å². The van der Waals surface area contributed by atoms with E-state index in [9.17, 15) is 14.5 Å². The van der Waals surface area contributed by atoms with E-state index in [0.29, 0.717) is 0 Å². The van der Waals surface area contributed by atoms with E-state index in [2.05, 4.69) is 4.52 Å². The molecule has 0 bridgehead atoms. The molecule has 0 amide bonds. The monoisotopic (exact) mass is 276 g/mol. The number of phosphoric ester groups is 1. The number of aliphatic carboxylic acids is 1. The number of hydrogen-bond donors (Lipinski definition) is 7. The van der Waals surface area contributed by atoms with E-state index in [1.807, 2.05) is 0 Å². The van der Waals surface area contributed by atoms with Crippen LogP contribution in [0.4, 0.5) is 0 Å². The van der Waals surface area contributed by atoms with Gasteiger partial charge in [0.15, 0.2) is 6.10 Å². The highest BCUT2D eigenvalue weighted by Crippen LogP contribution is 2.38. The second-order valence-corrected chi connectivity index (χ2v) is 4.28. The third kappa shape index (κ3) is 5.52. The molecular formula is C6H13O10P. The van der Waals surface area contributed by atoms with Crippen LogP contribution in [0.5, 0.6) is 0 Å². The number of aliphatic hydroxyl groups is 4. The van der Waals surface area contributed by atoms with Crippen molar-refractivity contribution in [1.29, 1.82) is 0 Å². The molecule has 0 heterocycles. The van der Waals surface area contributed by atoms with Gasteiger partial charge in [0, 0.05) is 0 Å². The average Bonchev–Trinajstić information content (AvgIpc) is 2.21. The lowest BCUT2D eigenvalue weighted by atomic mass is 10.0. The van der Waals surface area contributed by atoms with Gasteiger partial charge in [-0.05, 0) is 0 Å². The number of aliphatic hydroxyl groups excluding tert-OH is 4. The molecule has 0 radical (unpaired) electrons. The first-order chi connectivity index (χ1) is 7.60. The lowest BCUT2D eigenvalue weighted by Crippen LogP contribution is -2.49. The zero-order valence-corrected chi connectivity index (χ0v) is 9.21. The third-order valence-corrected chi connectivity index (χ3v) is 2.24. The van der Waals surface area contributed by atoms with Gasteiger partial charge >= 0.3 is 13.8 Å². The van der Waals surface area contributed by atoms with E-state index in [4.69, 9.17) is 30.2 Å². The van der Waals surface area contributed by atoms with Crippen LogP contribution in [0.2, 0.25) is 0 Å². The molecule has 4 atom stereocenters. The van der Waals surface area contributed by atoms with E-state index in [0.717, 1.165) is 0 Å². The van der Waals surface area contributed by atoms with Crippen molar-refractivity contribution in [1.82, 2.24) is 0 Å². The number of rotatable bonds is 7. The largest absolute Gasteiger partial charge is 0.479 e. The molecule has 7 N–H and O–H groups in total. The lowest BCUT2D eigenvalue weighted by molar-refractivity contribution is -0.162. The highest BCUT2D eigenvalue weighted by molar-refractivity contribution is 7.46. The Kier molecular flexibility index (Phi) is 6.16. The van der Waals surface area contributed by atoms with Gasteiger partial charge in [0.2, 0.25) is 0 Å². The van der Waals surface area contributed by atoms with Crippen molar-refractivity contribution in [3.8, 4) is 0 Å². The third-order valence-electron chi connectivity index (χ3n) is 1.74. The standard InChI is InChI=1S/C6H13O10P/c7-1-2(8)3(9)4(10)5(6(11)12)16-17(13,14)15/h2-5,7-10H,1H2,(H,11,12)(H2,13,14,15)/t2-,3-,4+,5-/m1/s1. The van der Waals surface area contributed by atoms with Crippen LogP contribution >= 0.6 is 7.82 Å². The maximum Gasteiger partial charge on any atom is 0.470 e. The second kappa shape index (κ2) is 6.38.